The molecule has 0 aromatic heterocycles. The van der Waals surface area contributed by atoms with Crippen molar-refractivity contribution in [3.8, 4) is 0 Å². The van der Waals surface area contributed by atoms with E-state index in [1.807, 2.05) is 18.2 Å². The number of allylic oxidation sites excluding steroid dienone is 4. The summed E-state index contributed by atoms with van der Waals surface area (Å²) in [5, 5.41) is 0. The SMILES string of the molecule is C=NC1=C(C(=O)CCCC)C(=O)/C2=C/C(C)CCC(CCCc3ccc(C(=O)C4CCCCN(C)CCC4)cc3)=NC2=CC1CCCC. The highest BCUT2D eigenvalue weighted by Gasteiger charge is 2.34. The number of ketones is 3. The van der Waals surface area contributed by atoms with Crippen molar-refractivity contribution >= 4 is 29.8 Å². The molecular formula is C42H59N3O3. The molecule has 1 saturated heterocycles. The highest BCUT2D eigenvalue weighted by atomic mass is 16.2. The van der Waals surface area contributed by atoms with Crippen LogP contribution >= 0.6 is 0 Å². The summed E-state index contributed by atoms with van der Waals surface area (Å²) in [5.41, 5.74) is 5.17. The summed E-state index contributed by atoms with van der Waals surface area (Å²) in [5.74, 6) is 0.0913. The van der Waals surface area contributed by atoms with Gasteiger partial charge in [0, 0.05) is 35.1 Å². The second-order valence-corrected chi connectivity index (χ2v) is 14.4. The third-order valence-electron chi connectivity index (χ3n) is 10.4. The third-order valence-corrected chi connectivity index (χ3v) is 10.4. The van der Waals surface area contributed by atoms with Gasteiger partial charge in [-0.25, -0.2) is 0 Å². The van der Waals surface area contributed by atoms with Gasteiger partial charge in [0.1, 0.15) is 0 Å². The zero-order valence-electron chi connectivity index (χ0n) is 30.2. The number of Topliss-reactive ketones (excluding diaryl/α,β-unsaturated/α-hetero) is 3. The summed E-state index contributed by atoms with van der Waals surface area (Å²) in [6.07, 6.45) is 18.7. The van der Waals surface area contributed by atoms with Crippen LogP contribution in [0.3, 0.4) is 0 Å². The Kier molecular flexibility index (Phi) is 14.9. The Morgan fingerprint density at radius 3 is 2.40 bits per heavy atom. The van der Waals surface area contributed by atoms with Crippen LogP contribution in [-0.2, 0) is 16.0 Å². The van der Waals surface area contributed by atoms with E-state index in [9.17, 15) is 14.4 Å². The first kappa shape index (κ1) is 37.6. The zero-order valence-corrected chi connectivity index (χ0v) is 30.2. The van der Waals surface area contributed by atoms with E-state index in [4.69, 9.17) is 4.99 Å². The highest BCUT2D eigenvalue weighted by Crippen LogP contribution is 2.36. The van der Waals surface area contributed by atoms with Crippen LogP contribution in [0.25, 0.3) is 0 Å². The van der Waals surface area contributed by atoms with E-state index in [1.54, 1.807) is 0 Å². The summed E-state index contributed by atoms with van der Waals surface area (Å²) in [4.78, 5) is 52.9. The fourth-order valence-electron chi connectivity index (χ4n) is 7.38. The van der Waals surface area contributed by atoms with E-state index in [0.29, 0.717) is 29.2 Å². The van der Waals surface area contributed by atoms with Gasteiger partial charge in [-0.2, -0.15) is 0 Å². The Hall–Kier alpha value is -3.25. The van der Waals surface area contributed by atoms with E-state index in [-0.39, 0.29) is 34.9 Å². The molecule has 1 fully saturated rings. The van der Waals surface area contributed by atoms with E-state index >= 15 is 0 Å². The molecule has 1 aromatic carbocycles. The largest absolute Gasteiger partial charge is 0.306 e. The van der Waals surface area contributed by atoms with Gasteiger partial charge in [-0.1, -0.05) is 76.8 Å². The maximum atomic E-state index is 14.2. The molecule has 2 heterocycles. The average Bonchev–Trinajstić information content (AvgIpc) is 3.12. The number of nitrogens with zero attached hydrogens (tertiary/aromatic N) is 3. The first-order chi connectivity index (χ1) is 23.2. The molecule has 0 amide bonds. The van der Waals surface area contributed by atoms with E-state index < -0.39 is 0 Å². The summed E-state index contributed by atoms with van der Waals surface area (Å²) < 4.78 is 0. The molecule has 0 spiro atoms. The van der Waals surface area contributed by atoms with Crippen molar-refractivity contribution in [2.45, 2.75) is 124 Å². The molecule has 2 aliphatic heterocycles. The molecule has 1 aromatic rings. The van der Waals surface area contributed by atoms with Crippen LogP contribution in [0, 0.1) is 17.8 Å². The van der Waals surface area contributed by atoms with Gasteiger partial charge in [0.05, 0.1) is 17.0 Å². The maximum absolute atomic E-state index is 14.2. The molecule has 0 saturated carbocycles. The van der Waals surface area contributed by atoms with Gasteiger partial charge in [0.15, 0.2) is 17.3 Å². The normalized spacial score (nSPS) is 24.0. The van der Waals surface area contributed by atoms with Crippen LogP contribution in [0.2, 0.25) is 0 Å². The standard InChI is InChI=1S/C42H59N3O3/c1-6-8-15-34-29-37-36(42(48)39(40(34)43-4)38(46)19-9-7-2)28-30(3)20-25-35(44-37)18-12-14-31-21-23-33(24-22-31)41(47)32-16-10-11-26-45(5)27-13-17-32/h21-24,28-30,32,34H,4,6-20,25-27H2,1-3,5H3/b36-28+,44-35?. The lowest BCUT2D eigenvalue weighted by Gasteiger charge is -2.18. The molecule has 6 heteroatoms. The van der Waals surface area contributed by atoms with Crippen LogP contribution in [0.4, 0.5) is 0 Å². The van der Waals surface area contributed by atoms with Gasteiger partial charge in [-0.05, 0) is 115 Å². The first-order valence-electron chi connectivity index (χ1n) is 18.9. The summed E-state index contributed by atoms with van der Waals surface area (Å²) in [6, 6.07) is 8.30. The number of carbonyl (C=O) groups excluding carboxylic acids is 3. The number of aliphatic imine (C=N–C) groups is 2. The number of hydrogen-bond donors (Lipinski definition) is 0. The fraction of sp³-hybridized carbons (Fsp3) is 0.595. The van der Waals surface area contributed by atoms with Gasteiger partial charge >= 0.3 is 0 Å². The molecule has 0 radical (unpaired) electrons. The summed E-state index contributed by atoms with van der Waals surface area (Å²) in [7, 11) is 2.18. The van der Waals surface area contributed by atoms with Crippen molar-refractivity contribution in [3.63, 3.8) is 0 Å². The number of benzene rings is 1. The summed E-state index contributed by atoms with van der Waals surface area (Å²) in [6.45, 7) is 12.4. The molecule has 3 aliphatic rings. The quantitative estimate of drug-likeness (QED) is 0.114. The van der Waals surface area contributed by atoms with Crippen molar-refractivity contribution in [1.82, 2.24) is 4.90 Å². The van der Waals surface area contributed by atoms with E-state index in [1.165, 1.54) is 5.56 Å². The lowest BCUT2D eigenvalue weighted by Crippen LogP contribution is -2.20. The highest BCUT2D eigenvalue weighted by molar-refractivity contribution is 6.28. The number of unbranched alkanes of at least 4 members (excludes halogenated alkanes) is 2. The van der Waals surface area contributed by atoms with Crippen molar-refractivity contribution in [2.75, 3.05) is 20.1 Å². The molecule has 3 atom stereocenters. The Morgan fingerprint density at radius 1 is 0.938 bits per heavy atom. The number of carbonyl (C=O) groups is 3. The summed E-state index contributed by atoms with van der Waals surface area (Å²) >= 11 is 0. The molecule has 260 valence electrons. The number of fused-ring (bicyclic) bond motifs is 1. The van der Waals surface area contributed by atoms with Crippen molar-refractivity contribution in [2.24, 2.45) is 27.7 Å². The van der Waals surface area contributed by atoms with Crippen LogP contribution in [0.1, 0.15) is 133 Å². The smallest absolute Gasteiger partial charge is 0.200 e. The molecule has 4 rings (SSSR count). The van der Waals surface area contributed by atoms with Crippen LogP contribution in [-0.4, -0.2) is 54.8 Å². The van der Waals surface area contributed by atoms with Gasteiger partial charge < -0.3 is 4.90 Å². The van der Waals surface area contributed by atoms with Crippen molar-refractivity contribution in [3.05, 3.63) is 70.1 Å². The van der Waals surface area contributed by atoms with Crippen LogP contribution in [0.5, 0.6) is 0 Å². The minimum Gasteiger partial charge on any atom is -0.306 e. The third kappa shape index (κ3) is 10.4. The molecule has 0 bridgehead atoms. The Bertz CT molecular complexity index is 1410. The molecular weight excluding hydrogens is 594 g/mol. The van der Waals surface area contributed by atoms with Gasteiger partial charge in [0.2, 0.25) is 0 Å². The zero-order chi connectivity index (χ0) is 34.5. The van der Waals surface area contributed by atoms with Crippen molar-refractivity contribution in [1.29, 1.82) is 0 Å². The predicted molar refractivity (Wildman–Crippen MR) is 199 cm³/mol. The number of rotatable bonds is 14. The molecule has 6 nitrogen and oxygen atoms in total. The van der Waals surface area contributed by atoms with Gasteiger partial charge in [-0.15, -0.1) is 0 Å². The number of aryl methyl sites for hydroxylation is 1. The first-order valence-corrected chi connectivity index (χ1v) is 18.9. The Labute approximate surface area is 290 Å². The van der Waals surface area contributed by atoms with E-state index in [2.05, 4.69) is 62.6 Å². The minimum atomic E-state index is -0.238. The van der Waals surface area contributed by atoms with Crippen molar-refractivity contribution < 1.29 is 14.4 Å². The van der Waals surface area contributed by atoms with Crippen LogP contribution in [0.15, 0.2) is 68.9 Å². The lowest BCUT2D eigenvalue weighted by molar-refractivity contribution is -0.120. The molecule has 0 N–H and O–H groups in total. The molecule has 48 heavy (non-hydrogen) atoms. The average molecular weight is 654 g/mol. The Morgan fingerprint density at radius 2 is 1.67 bits per heavy atom. The molecule has 3 unspecified atom stereocenters. The maximum Gasteiger partial charge on any atom is 0.200 e. The van der Waals surface area contributed by atoms with Gasteiger partial charge in [-0.3, -0.25) is 24.4 Å². The second-order valence-electron chi connectivity index (χ2n) is 14.4. The predicted octanol–water partition coefficient (Wildman–Crippen LogP) is 9.49. The monoisotopic (exact) mass is 653 g/mol. The van der Waals surface area contributed by atoms with Crippen LogP contribution < -0.4 is 0 Å². The minimum absolute atomic E-state index is 0.124. The Balaban J connectivity index is 1.48. The second kappa shape index (κ2) is 19.1. The van der Waals surface area contributed by atoms with E-state index in [0.717, 1.165) is 121 Å². The fourth-order valence-corrected chi connectivity index (χ4v) is 7.38. The lowest BCUT2D eigenvalue weighted by atomic mass is 9.88. The van der Waals surface area contributed by atoms with Gasteiger partial charge in [0.25, 0.3) is 0 Å². The topological polar surface area (TPSA) is 79.2 Å². The molecule has 1 aliphatic carbocycles. The number of hydrogen-bond acceptors (Lipinski definition) is 6.